The van der Waals surface area contributed by atoms with E-state index in [1.54, 1.807) is 74.4 Å². The van der Waals surface area contributed by atoms with E-state index in [0.717, 1.165) is 5.56 Å². The zero-order valence-electron chi connectivity index (χ0n) is 23.9. The summed E-state index contributed by atoms with van der Waals surface area (Å²) in [5.74, 6) is -1.16. The summed E-state index contributed by atoms with van der Waals surface area (Å²) in [7, 11) is -0.0112. The Bertz CT molecular complexity index is 1620. The van der Waals surface area contributed by atoms with Crippen LogP contribution in [0.3, 0.4) is 0 Å². The van der Waals surface area contributed by atoms with Gasteiger partial charge in [-0.1, -0.05) is 18.2 Å². The second kappa shape index (κ2) is 13.4. The molecule has 1 atom stereocenters. The van der Waals surface area contributed by atoms with Crippen molar-refractivity contribution in [1.82, 2.24) is 25.1 Å². The first-order valence-electron chi connectivity index (χ1n) is 13.3. The van der Waals surface area contributed by atoms with Crippen LogP contribution in [0.2, 0.25) is 0 Å². The van der Waals surface area contributed by atoms with Gasteiger partial charge >= 0.3 is 13.8 Å². The molecule has 1 amide bonds. The van der Waals surface area contributed by atoms with E-state index in [1.165, 1.54) is 13.1 Å². The lowest BCUT2D eigenvalue weighted by Crippen LogP contribution is -2.20. The Morgan fingerprint density at radius 2 is 1.81 bits per heavy atom. The first-order valence-corrected chi connectivity index (χ1v) is 15.1. The molecule has 0 spiro atoms. The van der Waals surface area contributed by atoms with Crippen LogP contribution in [-0.4, -0.2) is 50.4 Å². The fourth-order valence-electron chi connectivity index (χ4n) is 4.20. The first kappa shape index (κ1) is 31.7. The smallest absolute Gasteiger partial charge is 0.379 e. The maximum atomic E-state index is 13.9. The van der Waals surface area contributed by atoms with Gasteiger partial charge in [-0.3, -0.25) is 14.0 Å². The number of nitrogens with zero attached hydrogens (tertiary/aromatic N) is 4. The summed E-state index contributed by atoms with van der Waals surface area (Å²) in [6.45, 7) is 4.15. The predicted octanol–water partition coefficient (Wildman–Crippen LogP) is 6.02. The number of aromatic nitrogens is 4. The van der Waals surface area contributed by atoms with Crippen molar-refractivity contribution in [2.24, 2.45) is 7.05 Å². The molecule has 0 fully saturated rings. The first-order chi connectivity index (χ1) is 20.4. The molecule has 2 aromatic heterocycles. The Hall–Kier alpha value is -4.26. The topological polar surface area (TPSA) is 136 Å². The van der Waals surface area contributed by atoms with E-state index in [1.807, 2.05) is 0 Å². The quantitative estimate of drug-likeness (QED) is 0.130. The minimum atomic E-state index is -4.77. The molecular weight excluding hydrogens is 586 g/mol. The van der Waals surface area contributed by atoms with E-state index in [2.05, 4.69) is 35.5 Å². The van der Waals surface area contributed by atoms with Gasteiger partial charge in [0.1, 0.15) is 24.2 Å². The lowest BCUT2D eigenvalue weighted by Gasteiger charge is -2.17. The van der Waals surface area contributed by atoms with Gasteiger partial charge in [-0.15, -0.1) is 0 Å². The zero-order valence-corrected chi connectivity index (χ0v) is 24.8. The Labute approximate surface area is 246 Å². The molecule has 15 heteroatoms. The monoisotopic (exact) mass is 618 g/mol. The molecule has 0 radical (unpaired) electrons. The zero-order chi connectivity index (χ0) is 31.2. The Kier molecular flexibility index (Phi) is 9.84. The lowest BCUT2D eigenvalue weighted by atomic mass is 10.0. The molecule has 0 saturated heterocycles. The van der Waals surface area contributed by atoms with Crippen molar-refractivity contribution < 1.29 is 31.6 Å². The summed E-state index contributed by atoms with van der Waals surface area (Å²) in [6.07, 6.45) is -0.619. The summed E-state index contributed by atoms with van der Waals surface area (Å²) < 4.78 is 65.8. The highest BCUT2D eigenvalue weighted by molar-refractivity contribution is 7.52. The second-order valence-corrected chi connectivity index (χ2v) is 11.4. The number of aryl methyl sites for hydroxylation is 1. The van der Waals surface area contributed by atoms with Gasteiger partial charge in [-0.05, 0) is 42.3 Å². The van der Waals surface area contributed by atoms with Crippen molar-refractivity contribution in [2.75, 3.05) is 30.9 Å². The molecule has 2 aromatic carbocycles. The van der Waals surface area contributed by atoms with Gasteiger partial charge in [0.25, 0.3) is 5.91 Å². The third kappa shape index (κ3) is 7.98. The maximum Gasteiger partial charge on any atom is 0.478 e. The summed E-state index contributed by atoms with van der Waals surface area (Å²) in [4.78, 5) is 20.7. The number of anilines is 4. The van der Waals surface area contributed by atoms with Gasteiger partial charge < -0.3 is 20.5 Å². The van der Waals surface area contributed by atoms with E-state index in [0.29, 0.717) is 29.6 Å². The number of hydrogen-bond acceptors (Lipinski definition) is 8. The molecule has 0 aliphatic carbocycles. The molecular formula is C28H32F3N7O4P+. The fraction of sp³-hybridized carbons (Fsp3) is 0.286. The highest BCUT2D eigenvalue weighted by Gasteiger charge is 2.36. The van der Waals surface area contributed by atoms with Gasteiger partial charge in [0.2, 0.25) is 5.95 Å². The lowest BCUT2D eigenvalue weighted by molar-refractivity contribution is -0.137. The number of aliphatic hydroxyl groups is 1. The Morgan fingerprint density at radius 1 is 1.07 bits per heavy atom. The largest absolute Gasteiger partial charge is 0.478 e. The highest BCUT2D eigenvalue weighted by Crippen LogP contribution is 2.49. The van der Waals surface area contributed by atoms with E-state index in [9.17, 15) is 22.5 Å². The molecule has 43 heavy (non-hydrogen) atoms. The molecule has 11 nitrogen and oxygen atoms in total. The van der Waals surface area contributed by atoms with Crippen molar-refractivity contribution >= 4 is 36.6 Å². The van der Waals surface area contributed by atoms with Crippen molar-refractivity contribution in [3.63, 3.8) is 0 Å². The third-order valence-electron chi connectivity index (χ3n) is 6.16. The van der Waals surface area contributed by atoms with Gasteiger partial charge in [-0.2, -0.15) is 23.3 Å². The van der Waals surface area contributed by atoms with Crippen LogP contribution in [0, 0.1) is 0 Å². The molecule has 0 aliphatic heterocycles. The van der Waals surface area contributed by atoms with Crippen molar-refractivity contribution in [2.45, 2.75) is 26.2 Å². The number of rotatable bonds is 12. The molecule has 0 bridgehead atoms. The van der Waals surface area contributed by atoms with Crippen LogP contribution in [0.4, 0.5) is 36.3 Å². The summed E-state index contributed by atoms with van der Waals surface area (Å²) >= 11 is 0. The number of nitrogens with one attached hydrogen (secondary N) is 3. The molecule has 228 valence electrons. The number of carbonyl (C=O) groups is 1. The molecule has 0 saturated carbocycles. The normalized spacial score (nSPS) is 12.9. The summed E-state index contributed by atoms with van der Waals surface area (Å²) in [5, 5.41) is 12.2. The maximum absolute atomic E-state index is 13.9. The third-order valence-corrected chi connectivity index (χ3v) is 8.30. The minimum Gasteiger partial charge on any atom is -0.379 e. The van der Waals surface area contributed by atoms with Crippen LogP contribution >= 0.6 is 7.60 Å². The van der Waals surface area contributed by atoms with Crippen LogP contribution in [-0.2, 0) is 28.5 Å². The molecule has 4 N–H and O–H groups in total. The van der Waals surface area contributed by atoms with E-state index >= 15 is 0 Å². The van der Waals surface area contributed by atoms with Crippen molar-refractivity contribution in [1.29, 1.82) is 0 Å². The Balaban J connectivity index is 1.62. The second-order valence-electron chi connectivity index (χ2n) is 9.31. The summed E-state index contributed by atoms with van der Waals surface area (Å²) in [5.41, 5.74) is 1.70. The molecule has 0 aliphatic rings. The van der Waals surface area contributed by atoms with Crippen LogP contribution in [0.1, 0.15) is 35.3 Å². The fourth-order valence-corrected chi connectivity index (χ4v) is 5.98. The van der Waals surface area contributed by atoms with Crippen LogP contribution < -0.4 is 16.0 Å². The molecule has 4 aromatic rings. The van der Waals surface area contributed by atoms with Crippen molar-refractivity contribution in [3.05, 3.63) is 77.7 Å². The highest BCUT2D eigenvalue weighted by atomic mass is 31.2. The van der Waals surface area contributed by atoms with E-state index in [4.69, 9.17) is 4.52 Å². The van der Waals surface area contributed by atoms with Crippen LogP contribution in [0.25, 0.3) is 11.1 Å². The number of amides is 1. The average Bonchev–Trinajstić information content (AvgIpc) is 3.40. The molecule has 1 unspecified atom stereocenters. The van der Waals surface area contributed by atoms with Crippen molar-refractivity contribution in [3.8, 4) is 11.1 Å². The van der Waals surface area contributed by atoms with Gasteiger partial charge in [0.05, 0.1) is 24.1 Å². The number of carbonyl (C=O) groups excluding carboxylic acids is 1. The average molecular weight is 619 g/mol. The predicted molar refractivity (Wildman–Crippen MR) is 158 cm³/mol. The van der Waals surface area contributed by atoms with Crippen LogP contribution in [0.15, 0.2) is 61.1 Å². The molecule has 4 rings (SSSR count). The number of hydrogen-bond donors (Lipinski definition) is 3. The minimum absolute atomic E-state index is 0.111. The summed E-state index contributed by atoms with van der Waals surface area (Å²) in [6, 6.07) is 11.5. The van der Waals surface area contributed by atoms with Gasteiger partial charge in [-0.25, -0.2) is 9.55 Å². The molecule has 2 heterocycles. The van der Waals surface area contributed by atoms with Gasteiger partial charge in [0.15, 0.2) is 0 Å². The Morgan fingerprint density at radius 3 is 2.42 bits per heavy atom. The van der Waals surface area contributed by atoms with Gasteiger partial charge in [0, 0.05) is 44.7 Å². The van der Waals surface area contributed by atoms with E-state index < -0.39 is 31.1 Å². The number of alkyl halides is 3. The van der Waals surface area contributed by atoms with E-state index in [-0.39, 0.29) is 30.0 Å². The number of benzene rings is 2. The SMILES string of the molecule is CCOP(=O)(Cc1ccc(Nc2ncc(C(F)(F)F)c(Nc3ccc(-c4cnn(C)c4)cc3C(=O)NC)n2)cc1)[OH+]CC. The van der Waals surface area contributed by atoms with Crippen LogP contribution in [0.5, 0.6) is 0 Å². The number of halogens is 3. The standard InChI is InChI=1S/C28H31F3N7O4P/c1-5-41-43(40,42-6-2)17-18-7-10-21(11-8-18)35-27-33-15-23(28(29,30)31)25(37-27)36-24-12-9-19(13-22(24)26(39)32-3)20-14-34-38(4)16-20/h7-16H,5-6,17H2,1-4H3,(H,32,39)(H2,33,35,36,37)/p+1.